The van der Waals surface area contributed by atoms with E-state index in [-0.39, 0.29) is 42.2 Å². The van der Waals surface area contributed by atoms with Crippen molar-refractivity contribution in [2.24, 2.45) is 0 Å². The van der Waals surface area contributed by atoms with Gasteiger partial charge in [0.05, 0.1) is 119 Å². The predicted molar refractivity (Wildman–Crippen MR) is 283 cm³/mol. The van der Waals surface area contributed by atoms with Gasteiger partial charge in [0, 0.05) is 50.2 Å². The fourth-order valence-corrected chi connectivity index (χ4v) is 9.97. The number of carbonyl (C=O) groups is 2. The maximum Gasteiger partial charge on any atom is 0.330 e. The fourth-order valence-electron chi connectivity index (χ4n) is 9.97. The van der Waals surface area contributed by atoms with Crippen molar-refractivity contribution in [3.63, 3.8) is 0 Å². The molecule has 21 heteroatoms. The first-order valence-corrected chi connectivity index (χ1v) is 24.3. The number of nitrogens with one attached hydrogen (secondary N) is 2. The number of methoxy groups -OCH3 is 2. The average molecular weight is 1020 g/mol. The highest BCUT2D eigenvalue weighted by molar-refractivity contribution is 6.06. The van der Waals surface area contributed by atoms with Crippen LogP contribution in [0, 0.1) is 27.7 Å². The maximum atomic E-state index is 14.5. The number of aryl methyl sites for hydroxylation is 4. The molecule has 0 fully saturated rings. The van der Waals surface area contributed by atoms with Crippen molar-refractivity contribution in [3.05, 3.63) is 141 Å². The Bertz CT molecular complexity index is 3650. The molecule has 2 unspecified atom stereocenters. The number of hydrogen-bond donors (Lipinski definition) is 2. The monoisotopic (exact) mass is 1020 g/mol. The van der Waals surface area contributed by atoms with Crippen molar-refractivity contribution in [3.8, 4) is 33.8 Å². The second-order valence-electron chi connectivity index (χ2n) is 18.2. The van der Waals surface area contributed by atoms with Crippen LogP contribution in [-0.2, 0) is 27.4 Å². The van der Waals surface area contributed by atoms with E-state index >= 15 is 0 Å². The van der Waals surface area contributed by atoms with Crippen LogP contribution in [0.4, 0.5) is 0 Å². The van der Waals surface area contributed by atoms with Gasteiger partial charge in [-0.15, -0.1) is 0 Å². The summed E-state index contributed by atoms with van der Waals surface area (Å²) in [6.45, 7) is 11.0. The smallest absolute Gasteiger partial charge is 0.330 e. The van der Waals surface area contributed by atoms with Gasteiger partial charge >= 0.3 is 11.4 Å². The molecular formula is C54H58N12O9. The van der Waals surface area contributed by atoms with Gasteiger partial charge in [0.15, 0.2) is 0 Å². The highest BCUT2D eigenvalue weighted by Gasteiger charge is 2.28. The van der Waals surface area contributed by atoms with Crippen LogP contribution >= 0.6 is 0 Å². The Labute approximate surface area is 431 Å². The number of amides is 2. The van der Waals surface area contributed by atoms with E-state index in [1.54, 1.807) is 60.3 Å². The van der Waals surface area contributed by atoms with Crippen molar-refractivity contribution >= 4 is 55.7 Å². The summed E-state index contributed by atoms with van der Waals surface area (Å²) in [5.41, 5.74) is 8.15. The topological polar surface area (TPSA) is 243 Å². The van der Waals surface area contributed by atoms with E-state index in [2.05, 4.69) is 30.9 Å². The van der Waals surface area contributed by atoms with Crippen molar-refractivity contribution in [2.75, 3.05) is 40.5 Å². The van der Waals surface area contributed by atoms with E-state index in [9.17, 15) is 19.2 Å². The zero-order valence-corrected chi connectivity index (χ0v) is 42.6. The van der Waals surface area contributed by atoms with Crippen LogP contribution < -0.4 is 31.5 Å². The number of ether oxygens (including phenoxy) is 3. The van der Waals surface area contributed by atoms with Gasteiger partial charge < -0.3 is 33.9 Å². The number of fused-ring (bicyclic) bond motifs is 6. The van der Waals surface area contributed by atoms with Crippen LogP contribution in [0.5, 0.6) is 11.5 Å². The molecule has 2 amide bonds. The lowest BCUT2D eigenvalue weighted by Crippen LogP contribution is -2.36. The number of pyridine rings is 4. The van der Waals surface area contributed by atoms with E-state index in [0.717, 1.165) is 22.3 Å². The SMILES string of the molecule is COc1cc2c(cc1-c1c(C)noc1C)ncc1c2n(C(C)c2ccccn2)c(=O)n1CC(=O)NCCOCCNC(=O)Cn1c(=O)n(C(C)c2ccccn2)c2c3cc(OC)c(-c4c(C)noc4C)cc3ncc21.[HH].[HH]. The molecule has 8 heterocycles. The zero-order chi connectivity index (χ0) is 52.7. The maximum absolute atomic E-state index is 14.5. The molecule has 8 aromatic heterocycles. The molecule has 75 heavy (non-hydrogen) atoms. The lowest BCUT2D eigenvalue weighted by atomic mass is 10.00. The van der Waals surface area contributed by atoms with Crippen LogP contribution in [0.1, 0.15) is 63.1 Å². The number of aromatic nitrogens is 10. The second kappa shape index (κ2) is 20.5. The molecule has 2 aromatic carbocycles. The molecule has 21 nitrogen and oxygen atoms in total. The van der Waals surface area contributed by atoms with Crippen molar-refractivity contribution in [1.29, 1.82) is 0 Å². The third kappa shape index (κ3) is 9.04. The molecule has 388 valence electrons. The van der Waals surface area contributed by atoms with Crippen LogP contribution in [0.3, 0.4) is 0 Å². The van der Waals surface area contributed by atoms with Gasteiger partial charge in [-0.1, -0.05) is 22.4 Å². The Morgan fingerprint density at radius 1 is 0.627 bits per heavy atom. The Morgan fingerprint density at radius 2 is 1.05 bits per heavy atom. The highest BCUT2D eigenvalue weighted by Crippen LogP contribution is 2.41. The third-order valence-electron chi connectivity index (χ3n) is 13.6. The summed E-state index contributed by atoms with van der Waals surface area (Å²) in [6.07, 6.45) is 6.54. The predicted octanol–water partition coefficient (Wildman–Crippen LogP) is 7.03. The molecule has 10 aromatic rings. The Kier molecular flexibility index (Phi) is 13.6. The summed E-state index contributed by atoms with van der Waals surface area (Å²) in [4.78, 5) is 74.6. The minimum absolute atomic E-state index is 0. The summed E-state index contributed by atoms with van der Waals surface area (Å²) in [7, 11) is 3.14. The molecule has 0 aliphatic carbocycles. The molecule has 0 radical (unpaired) electrons. The summed E-state index contributed by atoms with van der Waals surface area (Å²) in [5, 5.41) is 15.2. The molecule has 10 rings (SSSR count). The number of rotatable bonds is 18. The van der Waals surface area contributed by atoms with E-state index in [0.29, 0.717) is 89.7 Å². The van der Waals surface area contributed by atoms with Gasteiger partial charge in [0.25, 0.3) is 0 Å². The van der Waals surface area contributed by atoms with E-state index in [1.807, 2.05) is 90.1 Å². The van der Waals surface area contributed by atoms with Crippen LogP contribution in [-0.4, -0.2) is 101 Å². The molecular weight excluding hydrogens is 961 g/mol. The van der Waals surface area contributed by atoms with Gasteiger partial charge in [-0.2, -0.15) is 0 Å². The highest BCUT2D eigenvalue weighted by atomic mass is 16.5. The van der Waals surface area contributed by atoms with Crippen molar-refractivity contribution < 1.29 is 35.7 Å². The van der Waals surface area contributed by atoms with Crippen LogP contribution in [0.2, 0.25) is 0 Å². The minimum Gasteiger partial charge on any atom is -0.496 e. The summed E-state index contributed by atoms with van der Waals surface area (Å²) in [6, 6.07) is 17.5. The molecule has 0 aliphatic rings. The molecule has 0 aliphatic heterocycles. The zero-order valence-electron chi connectivity index (χ0n) is 42.6. The first-order valence-electron chi connectivity index (χ1n) is 24.3. The van der Waals surface area contributed by atoms with Gasteiger partial charge in [-0.25, -0.2) is 9.59 Å². The normalized spacial score (nSPS) is 12.5. The van der Waals surface area contributed by atoms with Gasteiger partial charge in [-0.3, -0.25) is 47.8 Å². The quantitative estimate of drug-likeness (QED) is 0.0820. The fraction of sp³-hybridized carbons (Fsp3) is 0.296. The number of benzene rings is 2. The Hall–Kier alpha value is -8.98. The minimum atomic E-state index is -0.516. The average Bonchev–Trinajstić information content (AvgIpc) is 4.13. The summed E-state index contributed by atoms with van der Waals surface area (Å²) >= 11 is 0. The number of imidazole rings is 2. The molecule has 0 bridgehead atoms. The Balaban J connectivity index is 0.00000392. The van der Waals surface area contributed by atoms with Crippen LogP contribution in [0.25, 0.3) is 66.1 Å². The Morgan fingerprint density at radius 3 is 1.41 bits per heavy atom. The second-order valence-corrected chi connectivity index (χ2v) is 18.2. The van der Waals surface area contributed by atoms with E-state index in [4.69, 9.17) is 33.2 Å². The van der Waals surface area contributed by atoms with Crippen LogP contribution in [0.15, 0.2) is 104 Å². The first-order chi connectivity index (χ1) is 36.3. The number of nitrogens with zero attached hydrogens (tertiary/aromatic N) is 10. The third-order valence-corrected chi connectivity index (χ3v) is 13.6. The van der Waals surface area contributed by atoms with Crippen molar-refractivity contribution in [2.45, 2.75) is 66.7 Å². The molecule has 2 atom stereocenters. The van der Waals surface area contributed by atoms with E-state index < -0.39 is 35.3 Å². The number of hydrogen-bond acceptors (Lipinski definition) is 15. The standard InChI is InChI=1S/C54H54N12O9.2H2/c1-29-49(33(5)74-61-29)37-21-41-35(23-45(37)71-7)51-43(25-59-41)63(53(69)65(51)31(3)39-13-9-11-15-55-39)27-47(67)57-17-19-73-20-18-58-48(68)28-64-44-26-60-42-22-38(50-30(2)62-75-34(50)6)46(72-8)24-36(42)52(44)66(54(64)70)32(4)40-14-10-12-16-56-40;;/h9-16,21-26,31-32H,17-20,27-28H2,1-8H3,(H,57,67)(H,58,68);2*1H. The number of carbonyl (C=O) groups excluding carboxylic acids is 2. The largest absolute Gasteiger partial charge is 0.496 e. The summed E-state index contributed by atoms with van der Waals surface area (Å²) < 4.78 is 34.5. The van der Waals surface area contributed by atoms with Gasteiger partial charge in [-0.05, 0) is 90.1 Å². The van der Waals surface area contributed by atoms with Gasteiger partial charge in [0.1, 0.15) is 36.1 Å². The lowest BCUT2D eigenvalue weighted by Gasteiger charge is -2.15. The lowest BCUT2D eigenvalue weighted by molar-refractivity contribution is -0.122. The molecule has 0 saturated heterocycles. The molecule has 0 spiro atoms. The van der Waals surface area contributed by atoms with Crippen molar-refractivity contribution in [1.82, 2.24) is 59.2 Å². The molecule has 0 saturated carbocycles. The van der Waals surface area contributed by atoms with E-state index in [1.165, 1.54) is 9.13 Å². The molecule has 2 N–H and O–H groups in total. The first kappa shape index (κ1) is 49.6. The van der Waals surface area contributed by atoms with Gasteiger partial charge in [0.2, 0.25) is 11.8 Å². The summed E-state index contributed by atoms with van der Waals surface area (Å²) in [5.74, 6) is 1.47.